The van der Waals surface area contributed by atoms with E-state index in [2.05, 4.69) is 10.4 Å². The molecule has 0 radical (unpaired) electrons. The summed E-state index contributed by atoms with van der Waals surface area (Å²) < 4.78 is 7.29. The lowest BCUT2D eigenvalue weighted by Crippen LogP contribution is -2.28. The van der Waals surface area contributed by atoms with Gasteiger partial charge in [-0.25, -0.2) is 0 Å². The van der Waals surface area contributed by atoms with Gasteiger partial charge in [-0.3, -0.25) is 9.48 Å². The van der Waals surface area contributed by atoms with Crippen LogP contribution in [0.1, 0.15) is 11.1 Å². The van der Waals surface area contributed by atoms with Crippen molar-refractivity contribution in [3.63, 3.8) is 0 Å². The van der Waals surface area contributed by atoms with Gasteiger partial charge in [-0.1, -0.05) is 41.9 Å². The molecule has 0 aliphatic heterocycles. The minimum Gasteiger partial charge on any atom is -0.484 e. The van der Waals surface area contributed by atoms with Crippen LogP contribution in [0.5, 0.6) is 5.75 Å². The van der Waals surface area contributed by atoms with Gasteiger partial charge in [0.2, 0.25) is 0 Å². The maximum atomic E-state index is 12.0. The molecule has 128 valence electrons. The predicted octanol–water partition coefficient (Wildman–Crippen LogP) is 3.28. The minimum absolute atomic E-state index is 0.0539. The molecule has 0 bridgehead atoms. The monoisotopic (exact) mass is 355 g/mol. The Morgan fingerprint density at radius 2 is 1.96 bits per heavy atom. The van der Waals surface area contributed by atoms with E-state index < -0.39 is 0 Å². The number of nitrogens with zero attached hydrogens (tertiary/aromatic N) is 2. The highest BCUT2D eigenvalue weighted by Crippen LogP contribution is 2.17. The second-order valence-corrected chi connectivity index (χ2v) is 5.93. The fraction of sp³-hybridized carbons (Fsp3) is 0.158. The van der Waals surface area contributed by atoms with Gasteiger partial charge in [0.15, 0.2) is 6.61 Å². The number of rotatable bonds is 7. The topological polar surface area (TPSA) is 56.1 Å². The summed E-state index contributed by atoms with van der Waals surface area (Å²) >= 11 is 5.89. The van der Waals surface area contributed by atoms with Crippen molar-refractivity contribution in [2.45, 2.75) is 13.1 Å². The third-order valence-corrected chi connectivity index (χ3v) is 3.89. The van der Waals surface area contributed by atoms with Crippen LogP contribution in [-0.4, -0.2) is 22.3 Å². The summed E-state index contributed by atoms with van der Waals surface area (Å²) in [6.07, 6.45) is 3.66. The van der Waals surface area contributed by atoms with Crippen LogP contribution in [0.15, 0.2) is 67.0 Å². The highest BCUT2D eigenvalue weighted by Gasteiger charge is 2.07. The number of nitrogens with one attached hydrogen (secondary N) is 1. The Bertz CT molecular complexity index is 834. The van der Waals surface area contributed by atoms with E-state index in [1.807, 2.05) is 41.2 Å². The highest BCUT2D eigenvalue weighted by atomic mass is 35.5. The average molecular weight is 356 g/mol. The molecule has 0 aliphatic carbocycles. The van der Waals surface area contributed by atoms with Crippen molar-refractivity contribution < 1.29 is 9.53 Å². The molecule has 0 atom stereocenters. The summed E-state index contributed by atoms with van der Waals surface area (Å²) in [5, 5.41) is 7.67. The number of amides is 1. The standard InChI is InChI=1S/C19H18ClN3O2/c20-17-7-3-8-18(11-17)25-14-19(24)21-12-15-5-1-2-6-16(15)13-23-10-4-9-22-23/h1-11H,12-14H2,(H,21,24). The van der Waals surface area contributed by atoms with Gasteiger partial charge in [-0.05, 0) is 35.4 Å². The van der Waals surface area contributed by atoms with Crippen molar-refractivity contribution in [3.8, 4) is 5.75 Å². The normalized spacial score (nSPS) is 10.4. The van der Waals surface area contributed by atoms with E-state index in [0.717, 1.165) is 11.1 Å². The van der Waals surface area contributed by atoms with E-state index in [4.69, 9.17) is 16.3 Å². The van der Waals surface area contributed by atoms with Crippen LogP contribution in [-0.2, 0) is 17.9 Å². The Kier molecular flexibility index (Phi) is 5.69. The smallest absolute Gasteiger partial charge is 0.258 e. The number of hydrogen-bond acceptors (Lipinski definition) is 3. The van der Waals surface area contributed by atoms with Crippen LogP contribution < -0.4 is 10.1 Å². The van der Waals surface area contributed by atoms with Crippen LogP contribution in [0.25, 0.3) is 0 Å². The van der Waals surface area contributed by atoms with E-state index in [1.165, 1.54) is 0 Å². The molecule has 0 aliphatic rings. The van der Waals surface area contributed by atoms with Gasteiger partial charge in [0.25, 0.3) is 5.91 Å². The molecular formula is C19H18ClN3O2. The van der Waals surface area contributed by atoms with Crippen molar-refractivity contribution in [3.05, 3.63) is 83.1 Å². The highest BCUT2D eigenvalue weighted by molar-refractivity contribution is 6.30. The Morgan fingerprint density at radius 3 is 2.72 bits per heavy atom. The Hall–Kier alpha value is -2.79. The second kappa shape index (κ2) is 8.35. The first-order valence-corrected chi connectivity index (χ1v) is 8.28. The van der Waals surface area contributed by atoms with Crippen molar-refractivity contribution in [2.24, 2.45) is 0 Å². The van der Waals surface area contributed by atoms with Crippen LogP contribution >= 0.6 is 11.6 Å². The molecule has 0 fully saturated rings. The molecule has 1 N–H and O–H groups in total. The second-order valence-electron chi connectivity index (χ2n) is 5.50. The maximum Gasteiger partial charge on any atom is 0.258 e. The Balaban J connectivity index is 1.53. The zero-order chi connectivity index (χ0) is 17.5. The zero-order valence-electron chi connectivity index (χ0n) is 13.6. The Labute approximate surface area is 151 Å². The summed E-state index contributed by atoms with van der Waals surface area (Å²) in [6, 6.07) is 16.8. The number of hydrogen-bond donors (Lipinski definition) is 1. The number of aromatic nitrogens is 2. The first kappa shape index (κ1) is 17.0. The minimum atomic E-state index is -0.186. The van der Waals surface area contributed by atoms with Gasteiger partial charge in [0.05, 0.1) is 6.54 Å². The first-order chi connectivity index (χ1) is 12.2. The average Bonchev–Trinajstić information content (AvgIpc) is 3.12. The van der Waals surface area contributed by atoms with Crippen molar-refractivity contribution in [2.75, 3.05) is 6.61 Å². The molecule has 5 nitrogen and oxygen atoms in total. The fourth-order valence-corrected chi connectivity index (χ4v) is 2.58. The van der Waals surface area contributed by atoms with Crippen LogP contribution in [0, 0.1) is 0 Å². The lowest BCUT2D eigenvalue weighted by molar-refractivity contribution is -0.123. The van der Waals surface area contributed by atoms with Gasteiger partial charge in [-0.2, -0.15) is 5.10 Å². The van der Waals surface area contributed by atoms with E-state index >= 15 is 0 Å². The number of ether oxygens (including phenoxy) is 1. The molecular weight excluding hydrogens is 338 g/mol. The third-order valence-electron chi connectivity index (χ3n) is 3.65. The number of halogens is 1. The van der Waals surface area contributed by atoms with Crippen molar-refractivity contribution >= 4 is 17.5 Å². The van der Waals surface area contributed by atoms with Crippen molar-refractivity contribution in [1.29, 1.82) is 0 Å². The molecule has 25 heavy (non-hydrogen) atoms. The quantitative estimate of drug-likeness (QED) is 0.707. The number of carbonyl (C=O) groups excluding carboxylic acids is 1. The molecule has 0 saturated carbocycles. The first-order valence-electron chi connectivity index (χ1n) is 7.90. The largest absolute Gasteiger partial charge is 0.484 e. The molecule has 6 heteroatoms. The van der Waals surface area contributed by atoms with E-state index in [-0.39, 0.29) is 12.5 Å². The van der Waals surface area contributed by atoms with E-state index in [1.54, 1.807) is 30.5 Å². The van der Waals surface area contributed by atoms with Gasteiger partial charge in [-0.15, -0.1) is 0 Å². The fourth-order valence-electron chi connectivity index (χ4n) is 2.40. The molecule has 0 spiro atoms. The molecule has 3 aromatic rings. The summed E-state index contributed by atoms with van der Waals surface area (Å²) in [5.74, 6) is 0.385. The molecule has 2 aromatic carbocycles. The van der Waals surface area contributed by atoms with Crippen LogP contribution in [0.4, 0.5) is 0 Å². The van der Waals surface area contributed by atoms with Crippen molar-refractivity contribution in [1.82, 2.24) is 15.1 Å². The lowest BCUT2D eigenvalue weighted by atomic mass is 10.1. The zero-order valence-corrected chi connectivity index (χ0v) is 14.3. The van der Waals surface area contributed by atoms with Crippen LogP contribution in [0.2, 0.25) is 5.02 Å². The van der Waals surface area contributed by atoms with E-state index in [0.29, 0.717) is 23.9 Å². The molecule has 1 amide bonds. The summed E-state index contributed by atoms with van der Waals surface area (Å²) in [7, 11) is 0. The Morgan fingerprint density at radius 1 is 1.12 bits per heavy atom. The van der Waals surface area contributed by atoms with Gasteiger partial charge >= 0.3 is 0 Å². The SMILES string of the molecule is O=C(COc1cccc(Cl)c1)NCc1ccccc1Cn1cccn1. The summed E-state index contributed by atoms with van der Waals surface area (Å²) in [5.41, 5.74) is 2.16. The van der Waals surface area contributed by atoms with Gasteiger partial charge in [0, 0.05) is 24.0 Å². The summed E-state index contributed by atoms with van der Waals surface area (Å²) in [6.45, 7) is 1.05. The molecule has 1 heterocycles. The molecule has 3 rings (SSSR count). The maximum absolute atomic E-state index is 12.0. The molecule has 0 saturated heterocycles. The van der Waals surface area contributed by atoms with Gasteiger partial charge < -0.3 is 10.1 Å². The third kappa shape index (κ3) is 5.09. The number of carbonyl (C=O) groups is 1. The van der Waals surface area contributed by atoms with Gasteiger partial charge in [0.1, 0.15) is 5.75 Å². The molecule has 0 unspecified atom stereocenters. The summed E-state index contributed by atoms with van der Waals surface area (Å²) in [4.78, 5) is 12.0. The van der Waals surface area contributed by atoms with E-state index in [9.17, 15) is 4.79 Å². The molecule has 1 aromatic heterocycles. The predicted molar refractivity (Wildman–Crippen MR) is 96.6 cm³/mol. The lowest BCUT2D eigenvalue weighted by Gasteiger charge is -2.11. The van der Waals surface area contributed by atoms with Crippen LogP contribution in [0.3, 0.4) is 0 Å². The number of benzene rings is 2.